The van der Waals surface area contributed by atoms with Gasteiger partial charge in [0.15, 0.2) is 0 Å². The third-order valence-corrected chi connectivity index (χ3v) is 2.56. The van der Waals surface area contributed by atoms with E-state index in [4.69, 9.17) is 4.74 Å². The third kappa shape index (κ3) is 3.26. The summed E-state index contributed by atoms with van der Waals surface area (Å²) in [5.74, 6) is 0.106. The summed E-state index contributed by atoms with van der Waals surface area (Å²) in [4.78, 5) is 26.1. The van der Waals surface area contributed by atoms with E-state index in [1.807, 2.05) is 19.9 Å². The van der Waals surface area contributed by atoms with E-state index in [1.54, 1.807) is 24.3 Å². The van der Waals surface area contributed by atoms with E-state index in [0.29, 0.717) is 11.4 Å². The average molecular weight is 272 g/mol. The third-order valence-electron chi connectivity index (χ3n) is 2.56. The van der Waals surface area contributed by atoms with E-state index < -0.39 is 11.5 Å². The molecule has 2 N–H and O–H groups in total. The zero-order chi connectivity index (χ0) is 14.5. The molecule has 5 heteroatoms. The highest BCUT2D eigenvalue weighted by Crippen LogP contribution is 2.25. The molecule has 0 saturated carbocycles. The zero-order valence-electron chi connectivity index (χ0n) is 11.3. The molecule has 2 aromatic rings. The molecule has 1 aromatic carbocycles. The van der Waals surface area contributed by atoms with Crippen LogP contribution in [0.1, 0.15) is 24.2 Å². The van der Waals surface area contributed by atoms with Crippen LogP contribution in [0.15, 0.2) is 47.4 Å². The molecule has 5 nitrogen and oxygen atoms in total. The normalized spacial score (nSPS) is 10.3. The number of amides is 1. The molecule has 0 spiro atoms. The molecule has 1 amide bonds. The highest BCUT2D eigenvalue weighted by Gasteiger charge is 2.12. The van der Waals surface area contributed by atoms with Gasteiger partial charge in [0.2, 0.25) is 0 Å². The number of pyridine rings is 1. The number of hydrogen-bond donors (Lipinski definition) is 2. The monoisotopic (exact) mass is 272 g/mol. The smallest absolute Gasteiger partial charge is 0.261 e. The Morgan fingerprint density at radius 1 is 1.20 bits per heavy atom. The Morgan fingerprint density at radius 2 is 1.95 bits per heavy atom. The maximum absolute atomic E-state index is 12.1. The van der Waals surface area contributed by atoms with Crippen molar-refractivity contribution in [2.75, 3.05) is 5.32 Å². The minimum absolute atomic E-state index is 0.00631. The van der Waals surface area contributed by atoms with Crippen molar-refractivity contribution in [1.82, 2.24) is 4.98 Å². The Balaban J connectivity index is 2.24. The maximum Gasteiger partial charge on any atom is 0.261 e. The fourth-order valence-electron chi connectivity index (χ4n) is 1.72. The first kappa shape index (κ1) is 13.9. The number of anilines is 1. The SMILES string of the molecule is CC(C)Oc1ccccc1NC(=O)c1ccc[nH]c1=O. The highest BCUT2D eigenvalue weighted by atomic mass is 16.5. The quantitative estimate of drug-likeness (QED) is 0.897. The van der Waals surface area contributed by atoms with Gasteiger partial charge in [0.1, 0.15) is 11.3 Å². The fraction of sp³-hybridized carbons (Fsp3) is 0.200. The number of aromatic amines is 1. The van der Waals surface area contributed by atoms with E-state index in [9.17, 15) is 9.59 Å². The van der Waals surface area contributed by atoms with Gasteiger partial charge in [-0.05, 0) is 38.1 Å². The largest absolute Gasteiger partial charge is 0.489 e. The molecular weight excluding hydrogens is 256 g/mol. The molecule has 0 atom stereocenters. The Labute approximate surface area is 116 Å². The van der Waals surface area contributed by atoms with Crippen LogP contribution in [-0.2, 0) is 0 Å². The first-order valence-electron chi connectivity index (χ1n) is 6.32. The predicted octanol–water partition coefficient (Wildman–Crippen LogP) is 2.41. The topological polar surface area (TPSA) is 71.2 Å². The van der Waals surface area contributed by atoms with Crippen LogP contribution in [0.4, 0.5) is 5.69 Å². The van der Waals surface area contributed by atoms with Crippen molar-refractivity contribution in [3.8, 4) is 5.75 Å². The number of aromatic nitrogens is 1. The van der Waals surface area contributed by atoms with Crippen molar-refractivity contribution in [2.45, 2.75) is 20.0 Å². The molecule has 0 aliphatic rings. The number of ether oxygens (including phenoxy) is 1. The standard InChI is InChI=1S/C15H16N2O3/c1-10(2)20-13-8-4-3-7-12(13)17-15(19)11-6-5-9-16-14(11)18/h3-10H,1-2H3,(H,16,18)(H,17,19). The Morgan fingerprint density at radius 3 is 2.65 bits per heavy atom. The van der Waals surface area contributed by atoms with E-state index in [-0.39, 0.29) is 11.7 Å². The van der Waals surface area contributed by atoms with Crippen molar-refractivity contribution in [3.05, 3.63) is 58.5 Å². The summed E-state index contributed by atoms with van der Waals surface area (Å²) >= 11 is 0. The lowest BCUT2D eigenvalue weighted by Crippen LogP contribution is -2.23. The zero-order valence-corrected chi connectivity index (χ0v) is 11.3. The van der Waals surface area contributed by atoms with E-state index in [0.717, 1.165) is 0 Å². The average Bonchev–Trinajstić information content (AvgIpc) is 2.41. The van der Waals surface area contributed by atoms with Crippen molar-refractivity contribution < 1.29 is 9.53 Å². The highest BCUT2D eigenvalue weighted by molar-refractivity contribution is 6.04. The van der Waals surface area contributed by atoms with Crippen LogP contribution in [0.5, 0.6) is 5.75 Å². The van der Waals surface area contributed by atoms with E-state index in [2.05, 4.69) is 10.3 Å². The Bertz CT molecular complexity index is 662. The molecule has 0 aliphatic carbocycles. The van der Waals surface area contributed by atoms with Crippen LogP contribution in [0, 0.1) is 0 Å². The molecule has 0 bridgehead atoms. The number of H-pyrrole nitrogens is 1. The van der Waals surface area contributed by atoms with E-state index in [1.165, 1.54) is 12.3 Å². The first-order chi connectivity index (χ1) is 9.58. The lowest BCUT2D eigenvalue weighted by atomic mass is 10.2. The fourth-order valence-corrected chi connectivity index (χ4v) is 1.72. The van der Waals surface area contributed by atoms with Crippen LogP contribution < -0.4 is 15.6 Å². The van der Waals surface area contributed by atoms with Gasteiger partial charge in [0, 0.05) is 6.20 Å². The molecule has 2 rings (SSSR count). The number of carbonyl (C=O) groups excluding carboxylic acids is 1. The van der Waals surface area contributed by atoms with Crippen LogP contribution >= 0.6 is 0 Å². The van der Waals surface area contributed by atoms with E-state index >= 15 is 0 Å². The number of hydrogen-bond acceptors (Lipinski definition) is 3. The van der Waals surface area contributed by atoms with Gasteiger partial charge in [0.25, 0.3) is 11.5 Å². The number of rotatable bonds is 4. The van der Waals surface area contributed by atoms with Crippen LogP contribution in [-0.4, -0.2) is 17.0 Å². The van der Waals surface area contributed by atoms with Gasteiger partial charge in [-0.15, -0.1) is 0 Å². The summed E-state index contributed by atoms with van der Waals surface area (Å²) in [7, 11) is 0. The molecule has 0 unspecified atom stereocenters. The summed E-state index contributed by atoms with van der Waals surface area (Å²) in [6.45, 7) is 3.81. The Kier molecular flexibility index (Phi) is 4.20. The van der Waals surface area contributed by atoms with Gasteiger partial charge in [-0.1, -0.05) is 12.1 Å². The van der Waals surface area contributed by atoms with Gasteiger partial charge in [-0.2, -0.15) is 0 Å². The number of nitrogens with one attached hydrogen (secondary N) is 2. The molecular formula is C15H16N2O3. The van der Waals surface area contributed by atoms with Crippen molar-refractivity contribution in [2.24, 2.45) is 0 Å². The van der Waals surface area contributed by atoms with Gasteiger partial charge >= 0.3 is 0 Å². The summed E-state index contributed by atoms with van der Waals surface area (Å²) in [5, 5.41) is 2.69. The lowest BCUT2D eigenvalue weighted by Gasteiger charge is -2.14. The van der Waals surface area contributed by atoms with Gasteiger partial charge < -0.3 is 15.0 Å². The van der Waals surface area contributed by atoms with Crippen molar-refractivity contribution in [3.63, 3.8) is 0 Å². The predicted molar refractivity (Wildman–Crippen MR) is 77.2 cm³/mol. The van der Waals surface area contributed by atoms with Crippen LogP contribution in [0.3, 0.4) is 0 Å². The molecule has 104 valence electrons. The molecule has 1 aromatic heterocycles. The molecule has 1 heterocycles. The van der Waals surface area contributed by atoms with Gasteiger partial charge in [0.05, 0.1) is 11.8 Å². The lowest BCUT2D eigenvalue weighted by molar-refractivity contribution is 0.102. The Hall–Kier alpha value is -2.56. The molecule has 20 heavy (non-hydrogen) atoms. The molecule has 0 aliphatic heterocycles. The molecule has 0 radical (unpaired) electrons. The van der Waals surface area contributed by atoms with Crippen molar-refractivity contribution >= 4 is 11.6 Å². The van der Waals surface area contributed by atoms with Crippen LogP contribution in [0.2, 0.25) is 0 Å². The summed E-state index contributed by atoms with van der Waals surface area (Å²) < 4.78 is 5.61. The van der Waals surface area contributed by atoms with Gasteiger partial charge in [-0.3, -0.25) is 9.59 Å². The van der Waals surface area contributed by atoms with Crippen LogP contribution in [0.25, 0.3) is 0 Å². The number of benzene rings is 1. The summed E-state index contributed by atoms with van der Waals surface area (Å²) in [6, 6.07) is 10.2. The summed E-state index contributed by atoms with van der Waals surface area (Å²) in [6.07, 6.45) is 1.47. The second-order valence-corrected chi connectivity index (χ2v) is 4.53. The maximum atomic E-state index is 12.1. The first-order valence-corrected chi connectivity index (χ1v) is 6.32. The number of carbonyl (C=O) groups is 1. The minimum Gasteiger partial charge on any atom is -0.489 e. The second kappa shape index (κ2) is 6.06. The summed E-state index contributed by atoms with van der Waals surface area (Å²) in [5.41, 5.74) is 0.175. The molecule has 0 saturated heterocycles. The number of para-hydroxylation sites is 2. The van der Waals surface area contributed by atoms with Crippen molar-refractivity contribution in [1.29, 1.82) is 0 Å². The molecule has 0 fully saturated rings. The van der Waals surface area contributed by atoms with Gasteiger partial charge in [-0.25, -0.2) is 0 Å². The minimum atomic E-state index is -0.466. The second-order valence-electron chi connectivity index (χ2n) is 4.53.